The smallest absolute Gasteiger partial charge is 0.337 e. The summed E-state index contributed by atoms with van der Waals surface area (Å²) in [6, 6.07) is 0. The predicted octanol–water partition coefficient (Wildman–Crippen LogP) is 6.17. The minimum atomic E-state index is -1.04. The van der Waals surface area contributed by atoms with Gasteiger partial charge in [0.15, 0.2) is 6.10 Å². The lowest BCUT2D eigenvalue weighted by atomic mass is 9.89. The number of hydrogen-bond donors (Lipinski definition) is 2. The third kappa shape index (κ3) is 6.50. The summed E-state index contributed by atoms with van der Waals surface area (Å²) >= 11 is 0. The Labute approximate surface area is 200 Å². The van der Waals surface area contributed by atoms with Gasteiger partial charge >= 0.3 is 5.97 Å². The number of nitrogens with zero attached hydrogens (tertiary/aromatic N) is 1. The Bertz CT molecular complexity index is 842. The van der Waals surface area contributed by atoms with E-state index in [0.29, 0.717) is 12.2 Å². The van der Waals surface area contributed by atoms with Crippen LogP contribution >= 0.6 is 0 Å². The molecule has 1 amide bonds. The van der Waals surface area contributed by atoms with Crippen molar-refractivity contribution in [1.29, 1.82) is 0 Å². The Morgan fingerprint density at radius 1 is 1.06 bits per heavy atom. The van der Waals surface area contributed by atoms with Gasteiger partial charge in [0.05, 0.1) is 11.4 Å². The first-order valence-corrected chi connectivity index (χ1v) is 12.6. The minimum absolute atomic E-state index is 0.0719. The normalized spacial score (nSPS) is 14.3. The molecule has 0 fully saturated rings. The number of nitrogens with one attached hydrogen (secondary N) is 1. The molecular formula is C27H44N2O4. The van der Waals surface area contributed by atoms with Gasteiger partial charge in [-0.2, -0.15) is 0 Å². The van der Waals surface area contributed by atoms with Gasteiger partial charge in [-0.3, -0.25) is 4.79 Å². The molecule has 0 saturated heterocycles. The number of carboxylic acid groups (broad SMARTS) is 1. The van der Waals surface area contributed by atoms with Crippen LogP contribution in [0.15, 0.2) is 0 Å². The summed E-state index contributed by atoms with van der Waals surface area (Å²) in [5.41, 5.74) is 4.84. The van der Waals surface area contributed by atoms with Crippen molar-refractivity contribution in [1.82, 2.24) is 0 Å². The number of unbranched alkanes of at least 4 members (excludes halogenated alkanes) is 5. The number of carbonyl (C=O) groups excluding carboxylic acids is 1. The van der Waals surface area contributed by atoms with Gasteiger partial charge in [0.1, 0.15) is 0 Å². The number of anilines is 2. The molecule has 1 heterocycles. The number of carboxylic acids is 1. The van der Waals surface area contributed by atoms with Crippen molar-refractivity contribution in [3.63, 3.8) is 0 Å². The topological polar surface area (TPSA) is 78.9 Å². The highest BCUT2D eigenvalue weighted by molar-refractivity contribution is 6.00. The van der Waals surface area contributed by atoms with Crippen LogP contribution < -0.4 is 10.2 Å². The van der Waals surface area contributed by atoms with E-state index < -0.39 is 17.5 Å². The fourth-order valence-corrected chi connectivity index (χ4v) is 4.70. The van der Waals surface area contributed by atoms with Crippen LogP contribution in [-0.4, -0.2) is 36.7 Å². The SMILES string of the molecule is CCCCCCCCN1CCc2c(C)c(C(OCC)C(=O)O)c(C)c(NC(=O)C(C)(C)C)c21. The molecule has 1 aromatic carbocycles. The molecule has 6 nitrogen and oxygen atoms in total. The van der Waals surface area contributed by atoms with Crippen LogP contribution in [0.3, 0.4) is 0 Å². The van der Waals surface area contributed by atoms with E-state index in [1.54, 1.807) is 6.92 Å². The van der Waals surface area contributed by atoms with Gasteiger partial charge in [-0.15, -0.1) is 0 Å². The van der Waals surface area contributed by atoms with Crippen LogP contribution in [0.4, 0.5) is 11.4 Å². The van der Waals surface area contributed by atoms with E-state index in [1.165, 1.54) is 32.1 Å². The Hall–Kier alpha value is -2.08. The van der Waals surface area contributed by atoms with E-state index >= 15 is 0 Å². The Kier molecular flexibility index (Phi) is 9.77. The first kappa shape index (κ1) is 27.2. The number of fused-ring (bicyclic) bond motifs is 1. The quantitative estimate of drug-likeness (QED) is 0.365. The van der Waals surface area contributed by atoms with Crippen LogP contribution in [0.5, 0.6) is 0 Å². The molecule has 1 aliphatic rings. The molecule has 186 valence electrons. The number of carbonyl (C=O) groups is 2. The van der Waals surface area contributed by atoms with Crippen molar-refractivity contribution in [2.24, 2.45) is 5.41 Å². The largest absolute Gasteiger partial charge is 0.479 e. The van der Waals surface area contributed by atoms with Crippen molar-refractivity contribution < 1.29 is 19.4 Å². The van der Waals surface area contributed by atoms with Crippen molar-refractivity contribution in [3.05, 3.63) is 22.3 Å². The zero-order chi connectivity index (χ0) is 24.8. The molecule has 0 saturated carbocycles. The third-order valence-corrected chi connectivity index (χ3v) is 6.63. The van der Waals surface area contributed by atoms with Crippen LogP contribution in [0, 0.1) is 19.3 Å². The lowest BCUT2D eigenvalue weighted by Gasteiger charge is -2.29. The molecule has 0 radical (unpaired) electrons. The fourth-order valence-electron chi connectivity index (χ4n) is 4.70. The summed E-state index contributed by atoms with van der Waals surface area (Å²) in [7, 11) is 0. The number of benzene rings is 1. The molecular weight excluding hydrogens is 416 g/mol. The second-order valence-electron chi connectivity index (χ2n) is 10.2. The highest BCUT2D eigenvalue weighted by Crippen LogP contribution is 2.45. The van der Waals surface area contributed by atoms with Gasteiger partial charge in [-0.25, -0.2) is 4.79 Å². The molecule has 0 spiro atoms. The first-order chi connectivity index (χ1) is 15.5. The average Bonchev–Trinajstić information content (AvgIpc) is 3.16. The molecule has 0 aromatic heterocycles. The van der Waals surface area contributed by atoms with Crippen LogP contribution in [0.1, 0.15) is 102 Å². The summed E-state index contributed by atoms with van der Waals surface area (Å²) in [5.74, 6) is -1.07. The Morgan fingerprint density at radius 3 is 2.27 bits per heavy atom. The molecule has 1 aromatic rings. The van der Waals surface area contributed by atoms with E-state index in [1.807, 2.05) is 34.6 Å². The molecule has 6 heteroatoms. The van der Waals surface area contributed by atoms with E-state index in [-0.39, 0.29) is 5.91 Å². The van der Waals surface area contributed by atoms with Crippen LogP contribution in [0.25, 0.3) is 0 Å². The van der Waals surface area contributed by atoms with Gasteiger partial charge < -0.3 is 20.1 Å². The number of aliphatic carboxylic acids is 1. The van der Waals surface area contributed by atoms with Crippen LogP contribution in [-0.2, 0) is 20.7 Å². The summed E-state index contributed by atoms with van der Waals surface area (Å²) in [6.07, 6.45) is 7.21. The predicted molar refractivity (Wildman–Crippen MR) is 135 cm³/mol. The second kappa shape index (κ2) is 11.9. The Morgan fingerprint density at radius 2 is 1.70 bits per heavy atom. The third-order valence-electron chi connectivity index (χ3n) is 6.63. The van der Waals surface area contributed by atoms with Gasteiger partial charge in [-0.05, 0) is 50.3 Å². The number of hydrogen-bond acceptors (Lipinski definition) is 4. The summed E-state index contributed by atoms with van der Waals surface area (Å²) in [4.78, 5) is 27.5. The molecule has 2 rings (SSSR count). The summed E-state index contributed by atoms with van der Waals surface area (Å²) in [5, 5.41) is 13.1. The lowest BCUT2D eigenvalue weighted by molar-refractivity contribution is -0.150. The van der Waals surface area contributed by atoms with E-state index in [9.17, 15) is 14.7 Å². The number of ether oxygens (including phenoxy) is 1. The minimum Gasteiger partial charge on any atom is -0.479 e. The van der Waals surface area contributed by atoms with Crippen molar-refractivity contribution in [2.45, 2.75) is 99.5 Å². The lowest BCUT2D eigenvalue weighted by Crippen LogP contribution is -2.30. The first-order valence-electron chi connectivity index (χ1n) is 12.6. The Balaban J connectivity index is 2.47. The zero-order valence-electron chi connectivity index (χ0n) is 21.8. The fraction of sp³-hybridized carbons (Fsp3) is 0.704. The maximum Gasteiger partial charge on any atom is 0.337 e. The zero-order valence-corrected chi connectivity index (χ0v) is 21.8. The molecule has 1 atom stereocenters. The van der Waals surface area contributed by atoms with Crippen molar-refractivity contribution in [2.75, 3.05) is 29.9 Å². The highest BCUT2D eigenvalue weighted by Gasteiger charge is 2.34. The monoisotopic (exact) mass is 460 g/mol. The molecule has 0 bridgehead atoms. The molecule has 1 unspecified atom stereocenters. The maximum atomic E-state index is 13.0. The number of rotatable bonds is 12. The van der Waals surface area contributed by atoms with Crippen molar-refractivity contribution >= 4 is 23.3 Å². The molecule has 1 aliphatic heterocycles. The second-order valence-corrected chi connectivity index (χ2v) is 10.2. The maximum absolute atomic E-state index is 13.0. The van der Waals surface area contributed by atoms with Gasteiger partial charge in [0, 0.05) is 30.7 Å². The van der Waals surface area contributed by atoms with Crippen LogP contribution in [0.2, 0.25) is 0 Å². The molecule has 33 heavy (non-hydrogen) atoms. The molecule has 2 N–H and O–H groups in total. The summed E-state index contributed by atoms with van der Waals surface area (Å²) in [6.45, 7) is 15.8. The van der Waals surface area contributed by atoms with E-state index in [0.717, 1.165) is 54.0 Å². The van der Waals surface area contributed by atoms with Gasteiger partial charge in [0.2, 0.25) is 5.91 Å². The molecule has 0 aliphatic carbocycles. The number of amides is 1. The highest BCUT2D eigenvalue weighted by atomic mass is 16.5. The van der Waals surface area contributed by atoms with Gasteiger partial charge in [0.25, 0.3) is 0 Å². The summed E-state index contributed by atoms with van der Waals surface area (Å²) < 4.78 is 5.65. The van der Waals surface area contributed by atoms with E-state index in [2.05, 4.69) is 17.1 Å². The average molecular weight is 461 g/mol. The standard InChI is InChI=1S/C27H44N2O4/c1-8-10-11-12-13-14-16-29-17-15-20-18(3)21(24(25(30)31)33-9-2)19(4)22(23(20)29)28-26(32)27(5,6)7/h24H,8-17H2,1-7H3,(H,28,32)(H,30,31). The van der Waals surface area contributed by atoms with Crippen molar-refractivity contribution in [3.8, 4) is 0 Å². The van der Waals surface area contributed by atoms with Gasteiger partial charge in [-0.1, -0.05) is 59.8 Å². The van der Waals surface area contributed by atoms with E-state index in [4.69, 9.17) is 4.74 Å².